The Labute approximate surface area is 158 Å². The Kier molecular flexibility index (Phi) is 7.09. The van der Waals surface area contributed by atoms with Gasteiger partial charge in [0.25, 0.3) is 0 Å². The lowest BCUT2D eigenvalue weighted by Gasteiger charge is -2.11. The Hall–Kier alpha value is -1.78. The molecular weight excluding hydrogens is 355 g/mol. The van der Waals surface area contributed by atoms with Crippen LogP contribution in [0.2, 0.25) is 0 Å². The molecule has 3 rings (SSSR count). The Balaban J connectivity index is 0.00000225. The minimum absolute atomic E-state index is 0. The number of hydrogen-bond donors (Lipinski definition) is 0. The number of pyridine rings is 1. The smallest absolute Gasteiger partial charge is 0.191 e. The summed E-state index contributed by atoms with van der Waals surface area (Å²) in [7, 11) is 0. The van der Waals surface area contributed by atoms with E-state index in [1.165, 1.54) is 35.8 Å². The van der Waals surface area contributed by atoms with Crippen molar-refractivity contribution in [3.05, 3.63) is 71.2 Å². The molecule has 0 N–H and O–H groups in total. The average Bonchev–Trinajstić information content (AvgIpc) is 3.06. The Bertz CT molecular complexity index is 797. The lowest BCUT2D eigenvalue weighted by Crippen LogP contribution is -3.00. The minimum Gasteiger partial charge on any atom is -1.00 e. The highest BCUT2D eigenvalue weighted by atomic mass is 35.5. The summed E-state index contributed by atoms with van der Waals surface area (Å²) < 4.78 is 16.0. The van der Waals surface area contributed by atoms with E-state index in [4.69, 9.17) is 0 Å². The second-order valence-corrected chi connectivity index (χ2v) is 6.80. The van der Waals surface area contributed by atoms with E-state index in [9.17, 15) is 4.39 Å². The Morgan fingerprint density at radius 1 is 1.08 bits per heavy atom. The van der Waals surface area contributed by atoms with Crippen molar-refractivity contribution < 1.29 is 21.4 Å². The molecule has 25 heavy (non-hydrogen) atoms. The van der Waals surface area contributed by atoms with Crippen LogP contribution in [0, 0.1) is 5.82 Å². The van der Waals surface area contributed by atoms with Crippen LogP contribution >= 0.6 is 11.3 Å². The molecule has 0 radical (unpaired) electrons. The minimum atomic E-state index is -0.222. The molecule has 1 aromatic carbocycles. The van der Waals surface area contributed by atoms with Gasteiger partial charge in [-0.2, -0.15) is 4.57 Å². The highest BCUT2D eigenvalue weighted by Gasteiger charge is 2.13. The highest BCUT2D eigenvalue weighted by molar-refractivity contribution is 7.13. The summed E-state index contributed by atoms with van der Waals surface area (Å²) in [4.78, 5) is 4.58. The van der Waals surface area contributed by atoms with Gasteiger partial charge in [-0.05, 0) is 36.5 Å². The van der Waals surface area contributed by atoms with Crippen molar-refractivity contribution in [3.63, 3.8) is 0 Å². The van der Waals surface area contributed by atoms with Crippen molar-refractivity contribution >= 4 is 11.3 Å². The summed E-state index contributed by atoms with van der Waals surface area (Å²) in [6.07, 6.45) is 6.54. The molecule has 2 nitrogen and oxygen atoms in total. The molecule has 0 saturated carbocycles. The predicted octanol–water partition coefficient (Wildman–Crippen LogP) is 2.19. The van der Waals surface area contributed by atoms with Crippen LogP contribution < -0.4 is 17.0 Å². The van der Waals surface area contributed by atoms with Gasteiger partial charge in [0, 0.05) is 23.1 Å². The van der Waals surface area contributed by atoms with Gasteiger partial charge in [0.15, 0.2) is 18.9 Å². The highest BCUT2D eigenvalue weighted by Crippen LogP contribution is 2.26. The standard InChI is InChI=1S/C20H22FN2S.ClH/c1-3-15(4-2)16-9-11-23(12-10-16)13-17-14-24-20(22-17)18-7-5-6-8-19(18)21;/h5-12,14-15H,3-4,13H2,1-2H3;1H/q+1;/p-1. The number of halogens is 2. The van der Waals surface area contributed by atoms with E-state index in [1.54, 1.807) is 12.1 Å². The van der Waals surface area contributed by atoms with Crippen molar-refractivity contribution in [1.82, 2.24) is 4.98 Å². The molecule has 0 atom stereocenters. The number of rotatable bonds is 6. The molecule has 5 heteroatoms. The molecule has 0 aliphatic heterocycles. The van der Waals surface area contributed by atoms with Crippen LogP contribution in [0.15, 0.2) is 54.2 Å². The topological polar surface area (TPSA) is 16.8 Å². The van der Waals surface area contributed by atoms with Crippen molar-refractivity contribution in [3.8, 4) is 10.6 Å². The molecule has 2 heterocycles. The fraction of sp³-hybridized carbons (Fsp3) is 0.300. The lowest BCUT2D eigenvalue weighted by atomic mass is 9.95. The monoisotopic (exact) mass is 376 g/mol. The second kappa shape index (κ2) is 9.07. The maximum atomic E-state index is 13.9. The van der Waals surface area contributed by atoms with E-state index in [-0.39, 0.29) is 18.2 Å². The molecule has 2 aromatic heterocycles. The van der Waals surface area contributed by atoms with E-state index in [0.717, 1.165) is 10.7 Å². The predicted molar refractivity (Wildman–Crippen MR) is 96.6 cm³/mol. The summed E-state index contributed by atoms with van der Waals surface area (Å²) in [5.41, 5.74) is 2.92. The zero-order chi connectivity index (χ0) is 16.9. The summed E-state index contributed by atoms with van der Waals surface area (Å²) in [6.45, 7) is 5.16. The van der Waals surface area contributed by atoms with E-state index < -0.39 is 0 Å². The van der Waals surface area contributed by atoms with Crippen LogP contribution in [0.1, 0.15) is 43.9 Å². The zero-order valence-corrected chi connectivity index (χ0v) is 16.0. The van der Waals surface area contributed by atoms with E-state index in [0.29, 0.717) is 18.0 Å². The van der Waals surface area contributed by atoms with Gasteiger partial charge in [0.2, 0.25) is 0 Å². The van der Waals surface area contributed by atoms with Crippen LogP contribution in [0.3, 0.4) is 0 Å². The molecule has 0 saturated heterocycles. The molecule has 0 aliphatic rings. The van der Waals surface area contributed by atoms with E-state index in [1.807, 2.05) is 11.4 Å². The van der Waals surface area contributed by atoms with Crippen LogP contribution in [0.5, 0.6) is 0 Å². The number of aromatic nitrogens is 2. The maximum Gasteiger partial charge on any atom is 0.191 e. The molecule has 0 fully saturated rings. The van der Waals surface area contributed by atoms with Gasteiger partial charge in [0.05, 0.1) is 0 Å². The fourth-order valence-corrected chi connectivity index (χ4v) is 3.77. The molecule has 0 unspecified atom stereocenters. The molecule has 0 bridgehead atoms. The van der Waals surface area contributed by atoms with Crippen molar-refractivity contribution in [2.45, 2.75) is 39.2 Å². The van der Waals surface area contributed by atoms with Gasteiger partial charge in [0.1, 0.15) is 16.5 Å². The zero-order valence-electron chi connectivity index (χ0n) is 14.5. The number of benzene rings is 1. The van der Waals surface area contributed by atoms with Crippen LogP contribution in [0.4, 0.5) is 4.39 Å². The third kappa shape index (κ3) is 4.65. The van der Waals surface area contributed by atoms with Gasteiger partial charge in [-0.3, -0.25) is 0 Å². The first-order valence-electron chi connectivity index (χ1n) is 8.39. The van der Waals surface area contributed by atoms with Crippen molar-refractivity contribution in [1.29, 1.82) is 0 Å². The van der Waals surface area contributed by atoms with Crippen LogP contribution in [0.25, 0.3) is 10.6 Å². The van der Waals surface area contributed by atoms with E-state index >= 15 is 0 Å². The van der Waals surface area contributed by atoms with Gasteiger partial charge in [-0.25, -0.2) is 9.37 Å². The third-order valence-electron chi connectivity index (χ3n) is 4.37. The van der Waals surface area contributed by atoms with Gasteiger partial charge in [-0.1, -0.05) is 26.0 Å². The van der Waals surface area contributed by atoms with Gasteiger partial charge in [-0.15, -0.1) is 11.3 Å². The number of nitrogens with zero attached hydrogens (tertiary/aromatic N) is 2. The Morgan fingerprint density at radius 3 is 2.40 bits per heavy atom. The molecular formula is C20H22ClFN2S. The maximum absolute atomic E-state index is 13.9. The summed E-state index contributed by atoms with van der Waals surface area (Å²) >= 11 is 1.49. The van der Waals surface area contributed by atoms with Gasteiger partial charge >= 0.3 is 0 Å². The first-order valence-corrected chi connectivity index (χ1v) is 9.27. The quantitative estimate of drug-likeness (QED) is 0.603. The fourth-order valence-electron chi connectivity index (χ4n) is 2.93. The summed E-state index contributed by atoms with van der Waals surface area (Å²) in [5, 5.41) is 2.74. The average molecular weight is 377 g/mol. The van der Waals surface area contributed by atoms with Gasteiger partial charge < -0.3 is 12.4 Å². The molecule has 0 amide bonds. The first-order chi connectivity index (χ1) is 11.7. The van der Waals surface area contributed by atoms with Crippen LogP contribution in [-0.2, 0) is 6.54 Å². The molecule has 0 aliphatic carbocycles. The first kappa shape index (κ1) is 19.5. The number of thiazole rings is 1. The molecule has 3 aromatic rings. The second-order valence-electron chi connectivity index (χ2n) is 5.94. The number of hydrogen-bond acceptors (Lipinski definition) is 2. The Morgan fingerprint density at radius 2 is 1.76 bits per heavy atom. The SMILES string of the molecule is CCC(CC)c1cc[n+](Cc2csc(-c3ccccc3F)n2)cc1.[Cl-]. The molecule has 132 valence electrons. The normalized spacial score (nSPS) is 10.7. The largest absolute Gasteiger partial charge is 1.00 e. The van der Waals surface area contributed by atoms with Crippen molar-refractivity contribution in [2.75, 3.05) is 0 Å². The lowest BCUT2D eigenvalue weighted by molar-refractivity contribution is -0.688. The molecule has 0 spiro atoms. The summed E-state index contributed by atoms with van der Waals surface area (Å²) in [6, 6.07) is 11.2. The summed E-state index contributed by atoms with van der Waals surface area (Å²) in [5.74, 6) is 0.409. The van der Waals surface area contributed by atoms with Crippen LogP contribution in [-0.4, -0.2) is 4.98 Å². The van der Waals surface area contributed by atoms with Crippen molar-refractivity contribution in [2.24, 2.45) is 0 Å². The van der Waals surface area contributed by atoms with E-state index in [2.05, 4.69) is 47.9 Å². The third-order valence-corrected chi connectivity index (χ3v) is 5.30.